The maximum atomic E-state index is 10.7. The fourth-order valence-electron chi connectivity index (χ4n) is 1.91. The highest BCUT2D eigenvalue weighted by molar-refractivity contribution is 6.33. The largest absolute Gasteiger partial charge is 0.457 e. The van der Waals surface area contributed by atoms with Gasteiger partial charge in [-0.3, -0.25) is 9.78 Å². The van der Waals surface area contributed by atoms with E-state index in [4.69, 9.17) is 16.3 Å². The van der Waals surface area contributed by atoms with E-state index in [1.807, 2.05) is 30.3 Å². The van der Waals surface area contributed by atoms with Crippen LogP contribution < -0.4 is 4.74 Å². The second-order valence-corrected chi connectivity index (χ2v) is 4.67. The lowest BCUT2D eigenvalue weighted by Gasteiger charge is -2.07. The number of nitrogens with zero attached hydrogens (tertiary/aromatic N) is 1. The highest BCUT2D eigenvalue weighted by Crippen LogP contribution is 2.27. The Hall–Kier alpha value is -2.39. The standard InChI is InChI=1S/C16H10ClNO2/c17-15-8-13(6-4-12(15)10-19)20-14-5-3-11-2-1-7-18-16(11)9-14/h1-10H. The molecule has 98 valence electrons. The van der Waals surface area contributed by atoms with Gasteiger partial charge in [-0.2, -0.15) is 0 Å². The average Bonchev–Trinajstić information content (AvgIpc) is 2.47. The van der Waals surface area contributed by atoms with Crippen molar-refractivity contribution in [2.24, 2.45) is 0 Å². The van der Waals surface area contributed by atoms with Crippen molar-refractivity contribution in [1.29, 1.82) is 0 Å². The van der Waals surface area contributed by atoms with Crippen molar-refractivity contribution in [1.82, 2.24) is 4.98 Å². The lowest BCUT2D eigenvalue weighted by molar-refractivity contribution is 0.112. The van der Waals surface area contributed by atoms with Crippen molar-refractivity contribution in [3.63, 3.8) is 0 Å². The van der Waals surface area contributed by atoms with Crippen molar-refractivity contribution in [3.05, 3.63) is 65.3 Å². The van der Waals surface area contributed by atoms with Gasteiger partial charge in [-0.05, 0) is 30.3 Å². The molecule has 0 fully saturated rings. The summed E-state index contributed by atoms with van der Waals surface area (Å²) >= 11 is 5.97. The molecule has 2 aromatic carbocycles. The molecule has 0 spiro atoms. The molecule has 0 unspecified atom stereocenters. The molecule has 0 saturated heterocycles. The smallest absolute Gasteiger partial charge is 0.151 e. The topological polar surface area (TPSA) is 39.2 Å². The molecule has 0 amide bonds. The fraction of sp³-hybridized carbons (Fsp3) is 0. The van der Waals surface area contributed by atoms with Crippen LogP contribution in [0.5, 0.6) is 11.5 Å². The number of hydrogen-bond acceptors (Lipinski definition) is 3. The zero-order chi connectivity index (χ0) is 13.9. The van der Waals surface area contributed by atoms with Gasteiger partial charge in [0.1, 0.15) is 11.5 Å². The number of rotatable bonds is 3. The van der Waals surface area contributed by atoms with E-state index in [0.29, 0.717) is 28.4 Å². The summed E-state index contributed by atoms with van der Waals surface area (Å²) in [5.41, 5.74) is 1.31. The minimum atomic E-state index is 0.372. The van der Waals surface area contributed by atoms with E-state index in [1.54, 1.807) is 24.4 Å². The summed E-state index contributed by atoms with van der Waals surface area (Å²) in [7, 11) is 0. The first-order valence-electron chi connectivity index (χ1n) is 6.03. The summed E-state index contributed by atoms with van der Waals surface area (Å²) in [5.74, 6) is 1.25. The van der Waals surface area contributed by atoms with Crippen LogP contribution >= 0.6 is 11.6 Å². The highest BCUT2D eigenvalue weighted by atomic mass is 35.5. The Kier molecular flexibility index (Phi) is 3.35. The molecule has 3 rings (SSSR count). The van der Waals surface area contributed by atoms with Gasteiger partial charge in [-0.1, -0.05) is 17.7 Å². The van der Waals surface area contributed by atoms with Gasteiger partial charge < -0.3 is 4.74 Å². The first kappa shape index (κ1) is 12.6. The maximum absolute atomic E-state index is 10.7. The van der Waals surface area contributed by atoms with Gasteiger partial charge >= 0.3 is 0 Å². The zero-order valence-corrected chi connectivity index (χ0v) is 11.2. The lowest BCUT2D eigenvalue weighted by Crippen LogP contribution is -1.87. The minimum absolute atomic E-state index is 0.372. The number of halogens is 1. The molecule has 0 aliphatic carbocycles. The van der Waals surface area contributed by atoms with E-state index in [2.05, 4.69) is 4.98 Å². The van der Waals surface area contributed by atoms with E-state index in [1.165, 1.54) is 0 Å². The number of fused-ring (bicyclic) bond motifs is 1. The molecule has 3 aromatic rings. The van der Waals surface area contributed by atoms with Gasteiger partial charge in [0.15, 0.2) is 6.29 Å². The van der Waals surface area contributed by atoms with Crippen LogP contribution in [0.25, 0.3) is 10.9 Å². The van der Waals surface area contributed by atoms with Gasteiger partial charge in [-0.25, -0.2) is 0 Å². The van der Waals surface area contributed by atoms with Crippen molar-refractivity contribution in [2.75, 3.05) is 0 Å². The highest BCUT2D eigenvalue weighted by Gasteiger charge is 2.04. The normalized spacial score (nSPS) is 10.4. The molecule has 0 N–H and O–H groups in total. The van der Waals surface area contributed by atoms with Crippen molar-refractivity contribution >= 4 is 28.8 Å². The first-order chi connectivity index (χ1) is 9.76. The molecule has 0 aliphatic heterocycles. The fourth-order valence-corrected chi connectivity index (χ4v) is 2.13. The summed E-state index contributed by atoms with van der Waals surface area (Å²) in [6.07, 6.45) is 2.45. The van der Waals surface area contributed by atoms with Crippen LogP contribution in [0.3, 0.4) is 0 Å². The molecular weight excluding hydrogens is 274 g/mol. The van der Waals surface area contributed by atoms with Crippen LogP contribution in [-0.4, -0.2) is 11.3 Å². The molecule has 1 aromatic heterocycles. The molecule has 4 heteroatoms. The Morgan fingerprint density at radius 1 is 1.05 bits per heavy atom. The predicted octanol–water partition coefficient (Wildman–Crippen LogP) is 4.49. The van der Waals surface area contributed by atoms with Crippen LogP contribution in [0.4, 0.5) is 0 Å². The third-order valence-corrected chi connectivity index (χ3v) is 3.24. The van der Waals surface area contributed by atoms with Gasteiger partial charge in [0.25, 0.3) is 0 Å². The maximum Gasteiger partial charge on any atom is 0.151 e. The Bertz CT molecular complexity index is 786. The molecular formula is C16H10ClNO2. The average molecular weight is 284 g/mol. The molecule has 0 radical (unpaired) electrons. The minimum Gasteiger partial charge on any atom is -0.457 e. The number of hydrogen-bond donors (Lipinski definition) is 0. The molecule has 0 atom stereocenters. The second-order valence-electron chi connectivity index (χ2n) is 4.26. The van der Waals surface area contributed by atoms with Gasteiger partial charge in [0.2, 0.25) is 0 Å². The van der Waals surface area contributed by atoms with Crippen LogP contribution in [0, 0.1) is 0 Å². The third-order valence-electron chi connectivity index (χ3n) is 2.91. The summed E-state index contributed by atoms with van der Waals surface area (Å²) in [6, 6.07) is 14.5. The molecule has 1 heterocycles. The SMILES string of the molecule is O=Cc1ccc(Oc2ccc3cccnc3c2)cc1Cl. The van der Waals surface area contributed by atoms with Gasteiger partial charge in [-0.15, -0.1) is 0 Å². The van der Waals surface area contributed by atoms with Crippen LogP contribution in [0.15, 0.2) is 54.7 Å². The van der Waals surface area contributed by atoms with E-state index in [-0.39, 0.29) is 0 Å². The second kappa shape index (κ2) is 5.31. The Labute approximate surface area is 120 Å². The summed E-state index contributed by atoms with van der Waals surface area (Å²) < 4.78 is 5.73. The number of aldehydes is 1. The van der Waals surface area contributed by atoms with Crippen molar-refractivity contribution in [2.45, 2.75) is 0 Å². The number of ether oxygens (including phenoxy) is 1. The predicted molar refractivity (Wildman–Crippen MR) is 78.7 cm³/mol. The van der Waals surface area contributed by atoms with E-state index in [9.17, 15) is 4.79 Å². The van der Waals surface area contributed by atoms with Crippen molar-refractivity contribution < 1.29 is 9.53 Å². The summed E-state index contributed by atoms with van der Waals surface area (Å²) in [5, 5.41) is 1.42. The van der Waals surface area contributed by atoms with Crippen LogP contribution in [0.2, 0.25) is 5.02 Å². The number of carbonyl (C=O) groups excluding carboxylic acids is 1. The molecule has 0 saturated carbocycles. The van der Waals surface area contributed by atoms with E-state index < -0.39 is 0 Å². The van der Waals surface area contributed by atoms with Crippen molar-refractivity contribution in [3.8, 4) is 11.5 Å². The zero-order valence-electron chi connectivity index (χ0n) is 10.4. The molecule has 0 bridgehead atoms. The summed E-state index contributed by atoms with van der Waals surface area (Å²) in [4.78, 5) is 15.0. The van der Waals surface area contributed by atoms with Gasteiger partial charge in [0.05, 0.1) is 10.5 Å². The van der Waals surface area contributed by atoms with Gasteiger partial charge in [0, 0.05) is 29.3 Å². The van der Waals surface area contributed by atoms with Crippen LogP contribution in [-0.2, 0) is 0 Å². The number of pyridine rings is 1. The Balaban J connectivity index is 1.92. The third kappa shape index (κ3) is 2.49. The quantitative estimate of drug-likeness (QED) is 0.665. The Morgan fingerprint density at radius 2 is 1.85 bits per heavy atom. The number of carbonyl (C=O) groups is 1. The van der Waals surface area contributed by atoms with Crippen LogP contribution in [0.1, 0.15) is 10.4 Å². The lowest BCUT2D eigenvalue weighted by atomic mass is 10.2. The monoisotopic (exact) mass is 283 g/mol. The number of aromatic nitrogens is 1. The van der Waals surface area contributed by atoms with E-state index >= 15 is 0 Å². The molecule has 20 heavy (non-hydrogen) atoms. The molecule has 3 nitrogen and oxygen atoms in total. The Morgan fingerprint density at radius 3 is 2.65 bits per heavy atom. The summed E-state index contributed by atoms with van der Waals surface area (Å²) in [6.45, 7) is 0. The van der Waals surface area contributed by atoms with E-state index in [0.717, 1.165) is 10.9 Å². The first-order valence-corrected chi connectivity index (χ1v) is 6.41. The molecule has 0 aliphatic rings. The number of benzene rings is 2.